The normalized spacial score (nSPS) is 11.6. The van der Waals surface area contributed by atoms with Gasteiger partial charge in [0.25, 0.3) is 0 Å². The standard InChI is InChI=1S/C26H23N7O2/c1-33(2)6-8-35-18-9-17(11-27-12-18)21-3-4-22-25(30-21)26(32-31-22)23-10-19-20(16-5-7-34-15-16)13-28-14-24(19)29-23/h3-5,7,9-15,29H,6,8H2,1-2H3,(H,31,32). The van der Waals surface area contributed by atoms with Gasteiger partial charge < -0.3 is 19.0 Å². The Morgan fingerprint density at radius 2 is 1.89 bits per heavy atom. The van der Waals surface area contributed by atoms with Crippen LogP contribution in [-0.4, -0.2) is 62.3 Å². The summed E-state index contributed by atoms with van der Waals surface area (Å²) in [6.07, 6.45) is 10.5. The summed E-state index contributed by atoms with van der Waals surface area (Å²) in [5.41, 5.74) is 7.76. The van der Waals surface area contributed by atoms with E-state index in [0.717, 1.165) is 62.3 Å². The molecule has 0 aliphatic rings. The van der Waals surface area contributed by atoms with Crippen molar-refractivity contribution in [3.8, 4) is 39.5 Å². The summed E-state index contributed by atoms with van der Waals surface area (Å²) in [4.78, 5) is 19.2. The Morgan fingerprint density at radius 1 is 0.971 bits per heavy atom. The number of H-pyrrole nitrogens is 2. The number of aromatic nitrogens is 6. The first-order valence-electron chi connectivity index (χ1n) is 11.2. The van der Waals surface area contributed by atoms with E-state index in [2.05, 4.69) is 36.1 Å². The highest BCUT2D eigenvalue weighted by Gasteiger charge is 2.16. The summed E-state index contributed by atoms with van der Waals surface area (Å²) in [6, 6.07) is 9.89. The van der Waals surface area contributed by atoms with Gasteiger partial charge in [-0.3, -0.25) is 15.1 Å². The van der Waals surface area contributed by atoms with E-state index in [-0.39, 0.29) is 0 Å². The minimum Gasteiger partial charge on any atom is -0.491 e. The second-order valence-corrected chi connectivity index (χ2v) is 8.57. The molecule has 174 valence electrons. The largest absolute Gasteiger partial charge is 0.491 e. The summed E-state index contributed by atoms with van der Waals surface area (Å²) in [7, 11) is 4.03. The topological polar surface area (TPSA) is 109 Å². The Morgan fingerprint density at radius 3 is 2.74 bits per heavy atom. The van der Waals surface area contributed by atoms with Gasteiger partial charge in [0.1, 0.15) is 23.6 Å². The predicted octanol–water partition coefficient (Wildman–Crippen LogP) is 4.76. The Kier molecular flexibility index (Phi) is 5.23. The number of hydrogen-bond acceptors (Lipinski definition) is 7. The number of nitrogens with one attached hydrogen (secondary N) is 2. The van der Waals surface area contributed by atoms with Gasteiger partial charge in [-0.15, -0.1) is 0 Å². The minimum atomic E-state index is 0.590. The molecule has 2 N–H and O–H groups in total. The van der Waals surface area contributed by atoms with Crippen LogP contribution in [0.4, 0.5) is 0 Å². The number of nitrogens with zero attached hydrogens (tertiary/aromatic N) is 5. The van der Waals surface area contributed by atoms with Crippen LogP contribution in [-0.2, 0) is 0 Å². The summed E-state index contributed by atoms with van der Waals surface area (Å²) >= 11 is 0. The summed E-state index contributed by atoms with van der Waals surface area (Å²) in [5.74, 6) is 0.716. The second-order valence-electron chi connectivity index (χ2n) is 8.57. The molecule has 6 heterocycles. The fourth-order valence-electron chi connectivity index (χ4n) is 4.06. The van der Waals surface area contributed by atoms with Crippen molar-refractivity contribution in [2.24, 2.45) is 0 Å². The number of pyridine rings is 3. The first kappa shape index (κ1) is 21.1. The molecule has 0 aliphatic heterocycles. The molecular formula is C26H23N7O2. The Hall–Kier alpha value is -4.50. The zero-order valence-corrected chi connectivity index (χ0v) is 19.3. The van der Waals surface area contributed by atoms with Gasteiger partial charge in [0, 0.05) is 41.0 Å². The van der Waals surface area contributed by atoms with Crippen LogP contribution in [0.25, 0.3) is 55.7 Å². The van der Waals surface area contributed by atoms with Crippen molar-refractivity contribution in [2.45, 2.75) is 0 Å². The summed E-state index contributed by atoms with van der Waals surface area (Å²) < 4.78 is 11.1. The fourth-order valence-corrected chi connectivity index (χ4v) is 4.06. The van der Waals surface area contributed by atoms with Gasteiger partial charge in [0.15, 0.2) is 0 Å². The van der Waals surface area contributed by atoms with E-state index in [1.54, 1.807) is 24.9 Å². The highest BCUT2D eigenvalue weighted by Crippen LogP contribution is 2.34. The zero-order valence-electron chi connectivity index (χ0n) is 19.3. The third-order valence-electron chi connectivity index (χ3n) is 5.86. The Bertz CT molecular complexity index is 1620. The van der Waals surface area contributed by atoms with Crippen molar-refractivity contribution in [3.63, 3.8) is 0 Å². The number of hydrogen-bond donors (Lipinski definition) is 2. The minimum absolute atomic E-state index is 0.590. The van der Waals surface area contributed by atoms with Gasteiger partial charge in [-0.2, -0.15) is 5.10 Å². The van der Waals surface area contributed by atoms with Crippen molar-refractivity contribution in [1.29, 1.82) is 0 Å². The van der Waals surface area contributed by atoms with E-state index >= 15 is 0 Å². The van der Waals surface area contributed by atoms with Gasteiger partial charge >= 0.3 is 0 Å². The molecule has 6 aromatic rings. The average molecular weight is 466 g/mol. The first-order chi connectivity index (χ1) is 17.2. The molecular weight excluding hydrogens is 442 g/mol. The Labute approximate surface area is 200 Å². The summed E-state index contributed by atoms with van der Waals surface area (Å²) in [6.45, 7) is 1.42. The maximum absolute atomic E-state index is 5.85. The second kappa shape index (κ2) is 8.69. The molecule has 0 radical (unpaired) electrons. The van der Waals surface area contributed by atoms with Crippen molar-refractivity contribution in [2.75, 3.05) is 27.2 Å². The van der Waals surface area contributed by atoms with Crippen molar-refractivity contribution < 1.29 is 9.15 Å². The molecule has 0 saturated heterocycles. The van der Waals surface area contributed by atoms with Crippen LogP contribution in [0.3, 0.4) is 0 Å². The quantitative estimate of drug-likeness (QED) is 0.350. The van der Waals surface area contributed by atoms with Crippen molar-refractivity contribution in [3.05, 3.63) is 67.6 Å². The number of fused-ring (bicyclic) bond motifs is 2. The lowest BCUT2D eigenvalue weighted by Gasteiger charge is -2.11. The molecule has 0 bridgehead atoms. The molecule has 0 aliphatic carbocycles. The maximum atomic E-state index is 5.85. The van der Waals surface area contributed by atoms with Crippen LogP contribution in [0.15, 0.2) is 72.1 Å². The molecule has 9 heteroatoms. The van der Waals surface area contributed by atoms with Gasteiger partial charge in [0.2, 0.25) is 0 Å². The van der Waals surface area contributed by atoms with Crippen LogP contribution < -0.4 is 4.74 Å². The molecule has 6 rings (SSSR count). The van der Waals surface area contributed by atoms with Gasteiger partial charge in [-0.25, -0.2) is 4.98 Å². The number of likely N-dealkylation sites (N-methyl/N-ethyl adjacent to an activating group) is 1. The lowest BCUT2D eigenvalue weighted by atomic mass is 10.1. The number of ether oxygens (including phenoxy) is 1. The molecule has 0 aromatic carbocycles. The molecule has 0 spiro atoms. The number of aromatic amines is 2. The molecule has 0 saturated carbocycles. The van der Waals surface area contributed by atoms with Gasteiger partial charge in [-0.05, 0) is 44.4 Å². The maximum Gasteiger partial charge on any atom is 0.138 e. The number of rotatable bonds is 7. The van der Waals surface area contributed by atoms with Crippen LogP contribution in [0.5, 0.6) is 5.75 Å². The SMILES string of the molecule is CN(C)CCOc1cncc(-c2ccc3[nH]nc(-c4cc5c(-c6ccoc6)cncc5[nH]4)c3n2)c1. The molecule has 35 heavy (non-hydrogen) atoms. The third kappa shape index (κ3) is 4.02. The summed E-state index contributed by atoms with van der Waals surface area (Å²) in [5, 5.41) is 8.69. The van der Waals surface area contributed by atoms with Gasteiger partial charge in [-0.1, -0.05) is 0 Å². The smallest absolute Gasteiger partial charge is 0.138 e. The predicted molar refractivity (Wildman–Crippen MR) is 134 cm³/mol. The highest BCUT2D eigenvalue weighted by atomic mass is 16.5. The van der Waals surface area contributed by atoms with Crippen LogP contribution in [0.2, 0.25) is 0 Å². The third-order valence-corrected chi connectivity index (χ3v) is 5.86. The first-order valence-corrected chi connectivity index (χ1v) is 11.2. The molecule has 9 nitrogen and oxygen atoms in total. The molecule has 6 aromatic heterocycles. The van der Waals surface area contributed by atoms with E-state index in [9.17, 15) is 0 Å². The average Bonchev–Trinajstić information content (AvgIpc) is 3.62. The van der Waals surface area contributed by atoms with Crippen LogP contribution in [0.1, 0.15) is 0 Å². The van der Waals surface area contributed by atoms with Crippen LogP contribution >= 0.6 is 0 Å². The highest BCUT2D eigenvalue weighted by molar-refractivity contribution is 5.99. The Balaban J connectivity index is 1.38. The van der Waals surface area contributed by atoms with E-state index in [0.29, 0.717) is 12.4 Å². The number of furan rings is 1. The van der Waals surface area contributed by atoms with E-state index in [1.807, 2.05) is 50.8 Å². The molecule has 0 amide bonds. The lowest BCUT2D eigenvalue weighted by molar-refractivity contribution is 0.261. The monoisotopic (exact) mass is 465 g/mol. The van der Waals surface area contributed by atoms with Gasteiger partial charge in [0.05, 0.1) is 47.3 Å². The van der Waals surface area contributed by atoms with E-state index in [4.69, 9.17) is 14.1 Å². The van der Waals surface area contributed by atoms with Crippen molar-refractivity contribution in [1.82, 2.24) is 35.0 Å². The fraction of sp³-hybridized carbons (Fsp3) is 0.154. The lowest BCUT2D eigenvalue weighted by Crippen LogP contribution is -2.19. The molecule has 0 fully saturated rings. The van der Waals surface area contributed by atoms with Crippen molar-refractivity contribution >= 4 is 21.9 Å². The van der Waals surface area contributed by atoms with Crippen LogP contribution in [0, 0.1) is 0 Å². The van der Waals surface area contributed by atoms with E-state index in [1.165, 1.54) is 0 Å². The van der Waals surface area contributed by atoms with E-state index < -0.39 is 0 Å². The zero-order chi connectivity index (χ0) is 23.8. The molecule has 0 unspecified atom stereocenters. The molecule has 0 atom stereocenters.